The number of anilines is 1. The average Bonchev–Trinajstić information content (AvgIpc) is 2.17. The van der Waals surface area contributed by atoms with Crippen molar-refractivity contribution < 1.29 is 24.2 Å². The fourth-order valence-electron chi connectivity index (χ4n) is 1.13. The maximum Gasteiger partial charge on any atom is 0.511 e. The van der Waals surface area contributed by atoms with Crippen LogP contribution in [0.4, 0.5) is 15.3 Å². The van der Waals surface area contributed by atoms with Crippen LogP contribution < -0.4 is 10.1 Å². The summed E-state index contributed by atoms with van der Waals surface area (Å²) in [6.07, 6.45) is -1.96. The predicted molar refractivity (Wildman–Crippen MR) is 65.0 cm³/mol. The number of carboxylic acid groups (broad SMARTS) is 1. The minimum atomic E-state index is -1.39. The van der Waals surface area contributed by atoms with Crippen molar-refractivity contribution in [1.82, 2.24) is 0 Å². The van der Waals surface area contributed by atoms with Crippen molar-refractivity contribution >= 4 is 17.9 Å². The number of nitrogens with one attached hydrogen (secondary N) is 1. The molecule has 98 valence electrons. The van der Waals surface area contributed by atoms with Gasteiger partial charge in [-0.3, -0.25) is 5.32 Å². The summed E-state index contributed by atoms with van der Waals surface area (Å²) in [4.78, 5) is 21.7. The first-order valence-electron chi connectivity index (χ1n) is 5.27. The second kappa shape index (κ2) is 5.39. The quantitative estimate of drug-likeness (QED) is 0.625. The van der Waals surface area contributed by atoms with Crippen LogP contribution in [-0.2, 0) is 4.74 Å². The van der Waals surface area contributed by atoms with Crippen LogP contribution in [-0.4, -0.2) is 23.0 Å². The van der Waals surface area contributed by atoms with E-state index in [4.69, 9.17) is 9.84 Å². The molecule has 0 aliphatic heterocycles. The second-order valence-corrected chi connectivity index (χ2v) is 4.52. The van der Waals surface area contributed by atoms with Crippen molar-refractivity contribution in [3.63, 3.8) is 0 Å². The highest BCUT2D eigenvalue weighted by atomic mass is 16.7. The smallest absolute Gasteiger partial charge is 0.449 e. The van der Waals surface area contributed by atoms with Crippen molar-refractivity contribution in [3.05, 3.63) is 24.3 Å². The van der Waals surface area contributed by atoms with Gasteiger partial charge in [0.15, 0.2) is 0 Å². The molecular formula is C12H15NO5. The van der Waals surface area contributed by atoms with Crippen LogP contribution >= 0.6 is 0 Å². The molecule has 0 atom stereocenters. The van der Waals surface area contributed by atoms with Crippen LogP contribution in [0.5, 0.6) is 5.75 Å². The molecule has 18 heavy (non-hydrogen) atoms. The van der Waals surface area contributed by atoms with Crippen LogP contribution in [0, 0.1) is 0 Å². The minimum absolute atomic E-state index is 0.178. The SMILES string of the molecule is CC(C)(C)OC(=O)Nc1ccc(OC(=O)O)cc1. The van der Waals surface area contributed by atoms with E-state index in [-0.39, 0.29) is 5.75 Å². The third-order valence-corrected chi connectivity index (χ3v) is 1.70. The first-order chi connectivity index (χ1) is 8.26. The summed E-state index contributed by atoms with van der Waals surface area (Å²) in [7, 11) is 0. The lowest BCUT2D eigenvalue weighted by Gasteiger charge is -2.19. The van der Waals surface area contributed by atoms with Gasteiger partial charge in [0.2, 0.25) is 0 Å². The maximum absolute atomic E-state index is 11.4. The zero-order valence-corrected chi connectivity index (χ0v) is 10.4. The lowest BCUT2D eigenvalue weighted by molar-refractivity contribution is 0.0635. The van der Waals surface area contributed by atoms with Gasteiger partial charge in [-0.05, 0) is 45.0 Å². The van der Waals surface area contributed by atoms with Crippen LogP contribution in [0.1, 0.15) is 20.8 Å². The van der Waals surface area contributed by atoms with Gasteiger partial charge in [-0.2, -0.15) is 0 Å². The molecular weight excluding hydrogens is 238 g/mol. The molecule has 0 spiro atoms. The first-order valence-corrected chi connectivity index (χ1v) is 5.27. The molecule has 0 heterocycles. The molecule has 0 radical (unpaired) electrons. The molecule has 0 aliphatic carbocycles. The summed E-state index contributed by atoms with van der Waals surface area (Å²) in [5, 5.41) is 10.9. The molecule has 0 saturated carbocycles. The van der Waals surface area contributed by atoms with E-state index in [1.807, 2.05) is 0 Å². The molecule has 6 heteroatoms. The van der Waals surface area contributed by atoms with E-state index in [1.165, 1.54) is 24.3 Å². The number of carbonyl (C=O) groups is 2. The normalized spacial score (nSPS) is 10.6. The second-order valence-electron chi connectivity index (χ2n) is 4.52. The van der Waals surface area contributed by atoms with Crippen molar-refractivity contribution in [2.24, 2.45) is 0 Å². The van der Waals surface area contributed by atoms with E-state index in [1.54, 1.807) is 20.8 Å². The van der Waals surface area contributed by atoms with Gasteiger partial charge >= 0.3 is 12.2 Å². The van der Waals surface area contributed by atoms with Gasteiger partial charge < -0.3 is 14.6 Å². The van der Waals surface area contributed by atoms with E-state index in [0.29, 0.717) is 5.69 Å². The number of amides is 1. The van der Waals surface area contributed by atoms with E-state index >= 15 is 0 Å². The van der Waals surface area contributed by atoms with E-state index in [0.717, 1.165) is 0 Å². The standard InChI is InChI=1S/C12H15NO5/c1-12(2,3)18-10(14)13-8-4-6-9(7-5-8)17-11(15)16/h4-7H,1-3H3,(H,13,14)(H,15,16). The molecule has 6 nitrogen and oxygen atoms in total. The Balaban J connectivity index is 2.58. The van der Waals surface area contributed by atoms with Gasteiger partial charge in [0.05, 0.1) is 0 Å². The lowest BCUT2D eigenvalue weighted by atomic mass is 10.2. The summed E-state index contributed by atoms with van der Waals surface area (Å²) in [6.45, 7) is 5.28. The Morgan fingerprint density at radius 1 is 1.17 bits per heavy atom. The fourth-order valence-corrected chi connectivity index (χ4v) is 1.13. The lowest BCUT2D eigenvalue weighted by Crippen LogP contribution is -2.27. The Hall–Kier alpha value is -2.24. The third-order valence-electron chi connectivity index (χ3n) is 1.70. The van der Waals surface area contributed by atoms with Crippen molar-refractivity contribution in [2.45, 2.75) is 26.4 Å². The van der Waals surface area contributed by atoms with Crippen LogP contribution in [0.25, 0.3) is 0 Å². The Morgan fingerprint density at radius 2 is 1.72 bits per heavy atom. The average molecular weight is 253 g/mol. The Labute approximate surface area is 105 Å². The predicted octanol–water partition coefficient (Wildman–Crippen LogP) is 3.09. The largest absolute Gasteiger partial charge is 0.511 e. The van der Waals surface area contributed by atoms with Gasteiger partial charge in [0.25, 0.3) is 0 Å². The molecule has 0 bridgehead atoms. The molecule has 0 saturated heterocycles. The number of ether oxygens (including phenoxy) is 2. The summed E-state index contributed by atoms with van der Waals surface area (Å²) in [5.41, 5.74) is -0.0850. The number of rotatable bonds is 2. The first kappa shape index (κ1) is 13.8. The Bertz CT molecular complexity index is 433. The number of carbonyl (C=O) groups excluding carboxylic acids is 1. The van der Waals surface area contributed by atoms with Gasteiger partial charge in [-0.25, -0.2) is 9.59 Å². The Kier molecular flexibility index (Phi) is 4.14. The number of benzene rings is 1. The van der Waals surface area contributed by atoms with Crippen LogP contribution in [0.2, 0.25) is 0 Å². The molecule has 1 aromatic carbocycles. The van der Waals surface area contributed by atoms with Gasteiger partial charge in [-0.15, -0.1) is 0 Å². The van der Waals surface area contributed by atoms with E-state index < -0.39 is 17.8 Å². The molecule has 0 fully saturated rings. The maximum atomic E-state index is 11.4. The molecule has 1 rings (SSSR count). The van der Waals surface area contributed by atoms with Gasteiger partial charge in [0, 0.05) is 5.69 Å². The van der Waals surface area contributed by atoms with Crippen molar-refractivity contribution in [2.75, 3.05) is 5.32 Å². The zero-order chi connectivity index (χ0) is 13.8. The van der Waals surface area contributed by atoms with Crippen molar-refractivity contribution in [1.29, 1.82) is 0 Å². The fraction of sp³-hybridized carbons (Fsp3) is 0.333. The Morgan fingerprint density at radius 3 is 2.17 bits per heavy atom. The monoisotopic (exact) mass is 253 g/mol. The van der Waals surface area contributed by atoms with Crippen molar-refractivity contribution in [3.8, 4) is 5.75 Å². The zero-order valence-electron chi connectivity index (χ0n) is 10.4. The summed E-state index contributed by atoms with van der Waals surface area (Å²) in [6, 6.07) is 5.89. The summed E-state index contributed by atoms with van der Waals surface area (Å²) < 4.78 is 9.49. The van der Waals surface area contributed by atoms with Crippen LogP contribution in [0.3, 0.4) is 0 Å². The number of hydrogen-bond acceptors (Lipinski definition) is 4. The highest BCUT2D eigenvalue weighted by Gasteiger charge is 2.16. The molecule has 0 aliphatic rings. The molecule has 0 aromatic heterocycles. The van der Waals surface area contributed by atoms with E-state index in [2.05, 4.69) is 10.1 Å². The molecule has 2 N–H and O–H groups in total. The molecule has 0 unspecified atom stereocenters. The van der Waals surface area contributed by atoms with Gasteiger partial charge in [0.1, 0.15) is 11.4 Å². The number of hydrogen-bond donors (Lipinski definition) is 2. The highest BCUT2D eigenvalue weighted by Crippen LogP contribution is 2.17. The minimum Gasteiger partial charge on any atom is -0.449 e. The topological polar surface area (TPSA) is 84.9 Å². The summed E-state index contributed by atoms with van der Waals surface area (Å²) in [5.74, 6) is 0.178. The third kappa shape index (κ3) is 5.20. The molecule has 1 aromatic rings. The summed E-state index contributed by atoms with van der Waals surface area (Å²) >= 11 is 0. The van der Waals surface area contributed by atoms with Crippen LogP contribution in [0.15, 0.2) is 24.3 Å². The van der Waals surface area contributed by atoms with Gasteiger partial charge in [-0.1, -0.05) is 0 Å². The highest BCUT2D eigenvalue weighted by molar-refractivity contribution is 5.84. The molecule has 1 amide bonds. The van der Waals surface area contributed by atoms with E-state index in [9.17, 15) is 9.59 Å².